The number of aromatic nitrogens is 2. The molecule has 8 heteroatoms. The van der Waals surface area contributed by atoms with Crippen LogP contribution in [-0.4, -0.2) is 26.8 Å². The molecule has 0 unspecified atom stereocenters. The Morgan fingerprint density at radius 2 is 1.91 bits per heavy atom. The predicted octanol–water partition coefficient (Wildman–Crippen LogP) is 1.07. The first-order valence-corrected chi connectivity index (χ1v) is 7.61. The van der Waals surface area contributed by atoms with Crippen LogP contribution in [0.4, 0.5) is 0 Å². The van der Waals surface area contributed by atoms with Crippen LogP contribution in [0, 0.1) is 0 Å². The summed E-state index contributed by atoms with van der Waals surface area (Å²) >= 11 is 3.04. The number of halogens is 1. The molecule has 122 valence electrons. The van der Waals surface area contributed by atoms with Crippen LogP contribution >= 0.6 is 15.9 Å². The molecule has 0 aliphatic carbocycles. The Morgan fingerprint density at radius 3 is 2.57 bits per heavy atom. The fourth-order valence-electron chi connectivity index (χ4n) is 1.99. The minimum atomic E-state index is -1.16. The summed E-state index contributed by atoms with van der Waals surface area (Å²) in [6.07, 6.45) is 1.18. The van der Waals surface area contributed by atoms with E-state index in [9.17, 15) is 14.4 Å². The minimum Gasteiger partial charge on any atom is -0.480 e. The molecular formula is C15H15BrN2O5. The third-order valence-corrected chi connectivity index (χ3v) is 3.62. The van der Waals surface area contributed by atoms with Gasteiger partial charge in [0.25, 0.3) is 5.56 Å². The van der Waals surface area contributed by atoms with E-state index in [1.54, 1.807) is 0 Å². The maximum Gasteiger partial charge on any atom is 0.331 e. The van der Waals surface area contributed by atoms with Crippen molar-refractivity contribution in [2.75, 3.05) is 6.61 Å². The number of aliphatic carboxylic acids is 1. The highest BCUT2D eigenvalue weighted by molar-refractivity contribution is 9.10. The number of carboxylic acids is 1. The topological polar surface area (TPSA) is 90.5 Å². The molecule has 7 nitrogen and oxygen atoms in total. The monoisotopic (exact) mass is 382 g/mol. The van der Waals surface area contributed by atoms with Crippen LogP contribution in [-0.2, 0) is 29.2 Å². The van der Waals surface area contributed by atoms with Gasteiger partial charge in [0.05, 0.1) is 24.2 Å². The van der Waals surface area contributed by atoms with Gasteiger partial charge in [0.1, 0.15) is 6.54 Å². The normalized spacial score (nSPS) is 10.7. The number of ether oxygens (including phenoxy) is 1. The molecule has 23 heavy (non-hydrogen) atoms. The summed E-state index contributed by atoms with van der Waals surface area (Å²) in [6, 6.07) is 9.50. The maximum absolute atomic E-state index is 12.1. The van der Waals surface area contributed by atoms with Crippen molar-refractivity contribution in [3.8, 4) is 0 Å². The van der Waals surface area contributed by atoms with Crippen molar-refractivity contribution >= 4 is 21.9 Å². The lowest BCUT2D eigenvalue weighted by Gasteiger charge is -2.10. The molecule has 2 rings (SSSR count). The number of rotatable bonds is 7. The molecule has 0 atom stereocenters. The van der Waals surface area contributed by atoms with Crippen LogP contribution in [0.5, 0.6) is 0 Å². The second-order valence-corrected chi connectivity index (χ2v) is 5.63. The number of benzene rings is 1. The van der Waals surface area contributed by atoms with Crippen molar-refractivity contribution in [1.82, 2.24) is 9.13 Å². The van der Waals surface area contributed by atoms with Crippen molar-refractivity contribution in [3.05, 3.63) is 67.4 Å². The van der Waals surface area contributed by atoms with Gasteiger partial charge >= 0.3 is 11.7 Å². The average molecular weight is 383 g/mol. The molecule has 0 fully saturated rings. The zero-order chi connectivity index (χ0) is 16.8. The number of carboxylic acid groups (broad SMARTS) is 1. The highest BCUT2D eigenvalue weighted by Crippen LogP contribution is 2.01. The van der Waals surface area contributed by atoms with Gasteiger partial charge in [-0.2, -0.15) is 0 Å². The lowest BCUT2D eigenvalue weighted by atomic mass is 10.2. The second kappa shape index (κ2) is 7.89. The van der Waals surface area contributed by atoms with Gasteiger partial charge in [-0.1, -0.05) is 30.3 Å². The molecule has 0 aliphatic heterocycles. The molecule has 1 N–H and O–H groups in total. The maximum atomic E-state index is 12.1. The summed E-state index contributed by atoms with van der Waals surface area (Å²) in [5.74, 6) is -1.16. The molecule has 1 heterocycles. The molecule has 0 aliphatic rings. The van der Waals surface area contributed by atoms with Crippen LogP contribution in [0.25, 0.3) is 0 Å². The van der Waals surface area contributed by atoms with Crippen LogP contribution in [0.1, 0.15) is 5.56 Å². The van der Waals surface area contributed by atoms with Crippen LogP contribution in [0.2, 0.25) is 0 Å². The summed E-state index contributed by atoms with van der Waals surface area (Å²) in [5, 5.41) is 8.80. The minimum absolute atomic E-state index is 0.0452. The Bertz CT molecular complexity index is 798. The fourth-order valence-corrected chi connectivity index (χ4v) is 2.46. The summed E-state index contributed by atoms with van der Waals surface area (Å²) in [7, 11) is 0. The molecule has 0 amide bonds. The van der Waals surface area contributed by atoms with E-state index in [0.717, 1.165) is 14.7 Å². The summed E-state index contributed by atoms with van der Waals surface area (Å²) in [5.41, 5.74) is -0.207. The highest BCUT2D eigenvalue weighted by Gasteiger charge is 2.11. The third kappa shape index (κ3) is 4.64. The van der Waals surface area contributed by atoms with E-state index in [-0.39, 0.29) is 17.6 Å². The van der Waals surface area contributed by atoms with Crippen LogP contribution in [0.3, 0.4) is 0 Å². The lowest BCUT2D eigenvalue weighted by Crippen LogP contribution is -2.41. The SMILES string of the molecule is O=C(O)Cn1cc(Br)c(=O)n(CCOCc2ccccc2)c1=O. The van der Waals surface area contributed by atoms with Gasteiger partial charge in [0.2, 0.25) is 0 Å². The van der Waals surface area contributed by atoms with Crippen LogP contribution in [0.15, 0.2) is 50.6 Å². The smallest absolute Gasteiger partial charge is 0.331 e. The van der Waals surface area contributed by atoms with Crippen molar-refractivity contribution in [2.45, 2.75) is 19.7 Å². The van der Waals surface area contributed by atoms with Gasteiger partial charge < -0.3 is 9.84 Å². The molecule has 2 aromatic rings. The number of carbonyl (C=O) groups is 1. The average Bonchev–Trinajstić information content (AvgIpc) is 2.52. The van der Waals surface area contributed by atoms with E-state index in [1.165, 1.54) is 6.20 Å². The lowest BCUT2D eigenvalue weighted by molar-refractivity contribution is -0.137. The molecule has 0 spiro atoms. The van der Waals surface area contributed by atoms with Crippen molar-refractivity contribution < 1.29 is 14.6 Å². The van der Waals surface area contributed by atoms with Crippen molar-refractivity contribution in [3.63, 3.8) is 0 Å². The van der Waals surface area contributed by atoms with Crippen molar-refractivity contribution in [1.29, 1.82) is 0 Å². The summed E-state index contributed by atoms with van der Waals surface area (Å²) in [4.78, 5) is 34.9. The largest absolute Gasteiger partial charge is 0.480 e. The predicted molar refractivity (Wildman–Crippen MR) is 86.4 cm³/mol. The second-order valence-electron chi connectivity index (χ2n) is 4.78. The Kier molecular flexibility index (Phi) is 5.89. The Hall–Kier alpha value is -2.19. The Morgan fingerprint density at radius 1 is 1.22 bits per heavy atom. The third-order valence-electron chi connectivity index (χ3n) is 3.07. The standard InChI is InChI=1S/C15H15BrN2O5/c16-12-8-17(9-13(19)20)15(22)18(14(12)21)6-7-23-10-11-4-2-1-3-5-11/h1-5,8H,6-7,9-10H2,(H,19,20). The van der Waals surface area contributed by atoms with E-state index >= 15 is 0 Å². The van der Waals surface area contributed by atoms with E-state index in [4.69, 9.17) is 9.84 Å². The first kappa shape index (κ1) is 17.2. The van der Waals surface area contributed by atoms with Gasteiger partial charge in [-0.15, -0.1) is 0 Å². The summed E-state index contributed by atoms with van der Waals surface area (Å²) in [6.45, 7) is 0.0621. The number of hydrogen-bond acceptors (Lipinski definition) is 4. The van der Waals surface area contributed by atoms with E-state index in [2.05, 4.69) is 15.9 Å². The first-order valence-electron chi connectivity index (χ1n) is 6.82. The molecule has 0 saturated carbocycles. The molecule has 0 saturated heterocycles. The zero-order valence-electron chi connectivity index (χ0n) is 12.1. The van der Waals surface area contributed by atoms with Crippen LogP contribution < -0.4 is 11.2 Å². The number of nitrogens with zero attached hydrogens (tertiary/aromatic N) is 2. The van der Waals surface area contributed by atoms with E-state index < -0.39 is 23.8 Å². The highest BCUT2D eigenvalue weighted by atomic mass is 79.9. The fraction of sp³-hybridized carbons (Fsp3) is 0.267. The van der Waals surface area contributed by atoms with Gasteiger partial charge in [-0.05, 0) is 21.5 Å². The van der Waals surface area contributed by atoms with Gasteiger partial charge in [-0.3, -0.25) is 18.7 Å². The molecule has 1 aromatic heterocycles. The van der Waals surface area contributed by atoms with E-state index in [0.29, 0.717) is 6.61 Å². The molecule has 1 aromatic carbocycles. The molecule has 0 bridgehead atoms. The van der Waals surface area contributed by atoms with Crippen molar-refractivity contribution in [2.24, 2.45) is 0 Å². The van der Waals surface area contributed by atoms with Gasteiger partial charge in [0.15, 0.2) is 0 Å². The zero-order valence-corrected chi connectivity index (χ0v) is 13.7. The van der Waals surface area contributed by atoms with Gasteiger partial charge in [0, 0.05) is 6.20 Å². The Balaban J connectivity index is 2.07. The first-order chi connectivity index (χ1) is 11.0. The van der Waals surface area contributed by atoms with Gasteiger partial charge in [-0.25, -0.2) is 4.79 Å². The Labute approximate surface area is 139 Å². The molecule has 0 radical (unpaired) electrons. The quantitative estimate of drug-likeness (QED) is 0.723. The molecular weight excluding hydrogens is 368 g/mol. The van der Waals surface area contributed by atoms with E-state index in [1.807, 2.05) is 30.3 Å². The summed E-state index contributed by atoms with van der Waals surface area (Å²) < 4.78 is 7.50. The number of hydrogen-bond donors (Lipinski definition) is 1.